The van der Waals surface area contributed by atoms with Crippen LogP contribution in [-0.4, -0.2) is 36.3 Å². The minimum Gasteiger partial charge on any atom is -0.466 e. The topological polar surface area (TPSA) is 82.9 Å². The third-order valence-corrected chi connectivity index (χ3v) is 4.10. The highest BCUT2D eigenvalue weighted by Crippen LogP contribution is 2.29. The molecule has 1 saturated heterocycles. The summed E-state index contributed by atoms with van der Waals surface area (Å²) in [5.41, 5.74) is -0.616. The second-order valence-electron chi connectivity index (χ2n) is 5.71. The minimum absolute atomic E-state index is 0.326. The van der Waals surface area contributed by atoms with Crippen LogP contribution in [0, 0.1) is 0 Å². The van der Waals surface area contributed by atoms with Crippen molar-refractivity contribution in [1.29, 1.82) is 0 Å². The number of imide groups is 1. The summed E-state index contributed by atoms with van der Waals surface area (Å²) < 4.78 is 5.25. The molecule has 0 spiro atoms. The average Bonchev–Trinajstić information content (AvgIpc) is 3.19. The van der Waals surface area contributed by atoms with Crippen LogP contribution in [0.25, 0.3) is 0 Å². The molecule has 1 unspecified atom stereocenters. The van der Waals surface area contributed by atoms with Gasteiger partial charge in [-0.1, -0.05) is 18.2 Å². The van der Waals surface area contributed by atoms with Crippen LogP contribution < -0.4 is 10.2 Å². The van der Waals surface area contributed by atoms with Gasteiger partial charge in [0.25, 0.3) is 5.91 Å². The van der Waals surface area contributed by atoms with E-state index in [4.69, 9.17) is 4.42 Å². The molecule has 4 amide bonds. The van der Waals surface area contributed by atoms with Crippen molar-refractivity contribution in [1.82, 2.24) is 10.2 Å². The molecule has 1 atom stereocenters. The molecular formula is C17H17N3O4. The summed E-state index contributed by atoms with van der Waals surface area (Å²) in [7, 11) is 1.60. The smallest absolute Gasteiger partial charge is 0.325 e. The molecule has 124 valence electrons. The van der Waals surface area contributed by atoms with E-state index in [0.29, 0.717) is 11.4 Å². The molecule has 7 nitrogen and oxygen atoms in total. The minimum atomic E-state index is -1.30. The zero-order valence-electron chi connectivity index (χ0n) is 13.4. The van der Waals surface area contributed by atoms with Crippen LogP contribution in [0.2, 0.25) is 0 Å². The van der Waals surface area contributed by atoms with Crippen molar-refractivity contribution in [3.63, 3.8) is 0 Å². The Morgan fingerprint density at radius 2 is 1.92 bits per heavy atom. The molecule has 7 heteroatoms. The molecule has 1 N–H and O–H groups in total. The Morgan fingerprint density at radius 1 is 1.21 bits per heavy atom. The van der Waals surface area contributed by atoms with Gasteiger partial charge >= 0.3 is 6.03 Å². The van der Waals surface area contributed by atoms with Gasteiger partial charge in [-0.2, -0.15) is 0 Å². The number of hydrogen-bond donors (Lipinski definition) is 1. The molecule has 0 saturated carbocycles. The fourth-order valence-corrected chi connectivity index (χ4v) is 2.61. The fourth-order valence-electron chi connectivity index (χ4n) is 2.61. The Labute approximate surface area is 138 Å². The number of carbonyl (C=O) groups excluding carboxylic acids is 3. The van der Waals surface area contributed by atoms with Crippen molar-refractivity contribution in [2.75, 3.05) is 18.5 Å². The molecule has 1 aromatic heterocycles. The Hall–Kier alpha value is -3.09. The maximum absolute atomic E-state index is 12.6. The van der Waals surface area contributed by atoms with Gasteiger partial charge < -0.3 is 14.6 Å². The van der Waals surface area contributed by atoms with Gasteiger partial charge in [0.1, 0.15) is 12.3 Å². The first-order valence-corrected chi connectivity index (χ1v) is 7.43. The maximum atomic E-state index is 12.6. The van der Waals surface area contributed by atoms with E-state index in [2.05, 4.69) is 5.32 Å². The molecule has 1 aromatic carbocycles. The zero-order valence-corrected chi connectivity index (χ0v) is 13.4. The summed E-state index contributed by atoms with van der Waals surface area (Å²) in [5.74, 6) is -0.558. The lowest BCUT2D eigenvalue weighted by Crippen LogP contribution is -2.43. The van der Waals surface area contributed by atoms with Crippen molar-refractivity contribution >= 4 is 23.5 Å². The highest BCUT2D eigenvalue weighted by molar-refractivity contribution is 6.10. The number of rotatable bonds is 4. The first-order chi connectivity index (χ1) is 11.4. The summed E-state index contributed by atoms with van der Waals surface area (Å²) in [6.07, 6.45) is 1.43. The number of nitrogens with zero attached hydrogens (tertiary/aromatic N) is 2. The molecule has 1 aliphatic heterocycles. The molecule has 24 heavy (non-hydrogen) atoms. The Bertz CT molecular complexity index is 772. The number of carbonyl (C=O) groups is 3. The van der Waals surface area contributed by atoms with Gasteiger partial charge in [0.2, 0.25) is 5.91 Å². The first-order valence-electron chi connectivity index (χ1n) is 7.43. The van der Waals surface area contributed by atoms with Crippen LogP contribution in [0.3, 0.4) is 0 Å². The van der Waals surface area contributed by atoms with E-state index in [-0.39, 0.29) is 12.5 Å². The standard InChI is InChI=1S/C17H17N3O4/c1-17(13-9-6-10-24-13)15(22)20(16(23)18-17)11-14(21)19(2)12-7-4-3-5-8-12/h3-10H,11H2,1-2H3,(H,18,23). The maximum Gasteiger partial charge on any atom is 0.325 e. The average molecular weight is 327 g/mol. The summed E-state index contributed by atoms with van der Waals surface area (Å²) >= 11 is 0. The van der Waals surface area contributed by atoms with Crippen LogP contribution in [0.5, 0.6) is 0 Å². The van der Waals surface area contributed by atoms with Crippen molar-refractivity contribution in [2.24, 2.45) is 0 Å². The number of amides is 4. The van der Waals surface area contributed by atoms with Crippen molar-refractivity contribution in [3.8, 4) is 0 Å². The summed E-state index contributed by atoms with van der Waals surface area (Å²) in [4.78, 5) is 39.5. The molecule has 0 aliphatic carbocycles. The Kier molecular flexibility index (Phi) is 3.84. The zero-order chi connectivity index (χ0) is 17.3. The number of furan rings is 1. The predicted molar refractivity (Wildman–Crippen MR) is 86.2 cm³/mol. The van der Waals surface area contributed by atoms with Crippen LogP contribution in [0.15, 0.2) is 53.1 Å². The largest absolute Gasteiger partial charge is 0.466 e. The van der Waals surface area contributed by atoms with E-state index in [0.717, 1.165) is 4.90 Å². The lowest BCUT2D eigenvalue weighted by Gasteiger charge is -2.21. The third-order valence-electron chi connectivity index (χ3n) is 4.10. The van der Waals surface area contributed by atoms with E-state index in [1.54, 1.807) is 50.4 Å². The van der Waals surface area contributed by atoms with Crippen molar-refractivity contribution < 1.29 is 18.8 Å². The molecule has 2 aromatic rings. The number of benzene rings is 1. The lowest BCUT2D eigenvalue weighted by atomic mass is 9.99. The molecule has 3 rings (SSSR count). The van der Waals surface area contributed by atoms with Gasteiger partial charge in [-0.05, 0) is 31.2 Å². The number of hydrogen-bond acceptors (Lipinski definition) is 4. The number of likely N-dealkylation sites (N-methyl/N-ethyl adjacent to an activating group) is 1. The SMILES string of the molecule is CN(C(=O)CN1C(=O)NC(C)(c2ccco2)C1=O)c1ccccc1. The first kappa shape index (κ1) is 15.8. The monoisotopic (exact) mass is 327 g/mol. The van der Waals surface area contributed by atoms with Gasteiger partial charge in [-0.25, -0.2) is 4.79 Å². The van der Waals surface area contributed by atoms with Crippen LogP contribution in [0.4, 0.5) is 10.5 Å². The number of nitrogens with one attached hydrogen (secondary N) is 1. The normalized spacial score (nSPS) is 20.2. The van der Waals surface area contributed by atoms with Gasteiger partial charge in [0.05, 0.1) is 6.26 Å². The molecular weight excluding hydrogens is 310 g/mol. The third kappa shape index (κ3) is 2.54. The fraction of sp³-hybridized carbons (Fsp3) is 0.235. The summed E-state index contributed by atoms with van der Waals surface area (Å²) in [6, 6.07) is 11.6. The Balaban J connectivity index is 1.77. The van der Waals surface area contributed by atoms with Gasteiger partial charge in [-0.15, -0.1) is 0 Å². The summed E-state index contributed by atoms with van der Waals surface area (Å²) in [5, 5.41) is 2.59. The van der Waals surface area contributed by atoms with Gasteiger partial charge in [0, 0.05) is 12.7 Å². The molecule has 1 aliphatic rings. The highest BCUT2D eigenvalue weighted by atomic mass is 16.3. The van der Waals surface area contributed by atoms with Gasteiger partial charge in [0.15, 0.2) is 5.54 Å². The lowest BCUT2D eigenvalue weighted by molar-refractivity contribution is -0.134. The molecule has 2 heterocycles. The predicted octanol–water partition coefficient (Wildman–Crippen LogP) is 1.71. The second kappa shape index (κ2) is 5.84. The Morgan fingerprint density at radius 3 is 2.54 bits per heavy atom. The van der Waals surface area contributed by atoms with Crippen molar-refractivity contribution in [3.05, 3.63) is 54.5 Å². The van der Waals surface area contributed by atoms with Crippen LogP contribution in [0.1, 0.15) is 12.7 Å². The van der Waals surface area contributed by atoms with E-state index in [1.165, 1.54) is 11.2 Å². The summed E-state index contributed by atoms with van der Waals surface area (Å²) in [6.45, 7) is 1.21. The number of urea groups is 1. The van der Waals surface area contributed by atoms with E-state index < -0.39 is 17.5 Å². The quantitative estimate of drug-likeness (QED) is 0.867. The molecule has 0 radical (unpaired) electrons. The second-order valence-corrected chi connectivity index (χ2v) is 5.71. The van der Waals surface area contributed by atoms with Crippen LogP contribution in [-0.2, 0) is 15.1 Å². The molecule has 0 bridgehead atoms. The van der Waals surface area contributed by atoms with E-state index >= 15 is 0 Å². The van der Waals surface area contributed by atoms with Crippen molar-refractivity contribution in [2.45, 2.75) is 12.5 Å². The number of para-hydroxylation sites is 1. The van der Waals surface area contributed by atoms with Crippen LogP contribution >= 0.6 is 0 Å². The van der Waals surface area contributed by atoms with E-state index in [1.807, 2.05) is 6.07 Å². The van der Waals surface area contributed by atoms with E-state index in [9.17, 15) is 14.4 Å². The molecule has 1 fully saturated rings. The van der Waals surface area contributed by atoms with Gasteiger partial charge in [-0.3, -0.25) is 14.5 Å². The number of anilines is 1. The highest BCUT2D eigenvalue weighted by Gasteiger charge is 2.51.